The van der Waals surface area contributed by atoms with Crippen molar-refractivity contribution in [2.24, 2.45) is 11.8 Å². The van der Waals surface area contributed by atoms with E-state index >= 15 is 0 Å². The number of carbonyl (C=O) groups is 1. The standard InChI is InChI=1S/C12H21NO4S/c1-9-2-4-13(11(9)7-14)12(15)6-10-3-5-18(16,17)8-10/h9-11,14H,2-8H2,1H3. The van der Waals surface area contributed by atoms with Crippen LogP contribution < -0.4 is 0 Å². The number of carbonyl (C=O) groups excluding carboxylic acids is 1. The number of amides is 1. The van der Waals surface area contributed by atoms with Crippen LogP contribution >= 0.6 is 0 Å². The molecule has 0 aromatic heterocycles. The number of nitrogens with zero attached hydrogens (tertiary/aromatic N) is 1. The van der Waals surface area contributed by atoms with Crippen molar-refractivity contribution in [1.82, 2.24) is 4.90 Å². The highest BCUT2D eigenvalue weighted by Gasteiger charge is 2.36. The Morgan fingerprint density at radius 2 is 2.11 bits per heavy atom. The highest BCUT2D eigenvalue weighted by atomic mass is 32.2. The molecule has 0 radical (unpaired) electrons. The fourth-order valence-electron chi connectivity index (χ4n) is 2.99. The van der Waals surface area contributed by atoms with Gasteiger partial charge in [-0.3, -0.25) is 4.79 Å². The zero-order valence-corrected chi connectivity index (χ0v) is 11.5. The number of hydrogen-bond acceptors (Lipinski definition) is 4. The minimum atomic E-state index is -2.91. The summed E-state index contributed by atoms with van der Waals surface area (Å²) < 4.78 is 22.7. The molecule has 0 aromatic rings. The number of aliphatic hydroxyl groups is 1. The van der Waals surface area contributed by atoms with Gasteiger partial charge in [-0.05, 0) is 24.7 Å². The lowest BCUT2D eigenvalue weighted by Crippen LogP contribution is -2.40. The van der Waals surface area contributed by atoms with Crippen LogP contribution in [0.4, 0.5) is 0 Å². The van der Waals surface area contributed by atoms with Crippen molar-refractivity contribution in [2.75, 3.05) is 24.7 Å². The van der Waals surface area contributed by atoms with Gasteiger partial charge >= 0.3 is 0 Å². The van der Waals surface area contributed by atoms with E-state index in [4.69, 9.17) is 0 Å². The van der Waals surface area contributed by atoms with Gasteiger partial charge in [-0.15, -0.1) is 0 Å². The van der Waals surface area contributed by atoms with Crippen molar-refractivity contribution in [3.63, 3.8) is 0 Å². The maximum Gasteiger partial charge on any atom is 0.223 e. The molecular formula is C12H21NO4S. The van der Waals surface area contributed by atoms with Gasteiger partial charge in [-0.2, -0.15) is 0 Å². The average Bonchev–Trinajstić information content (AvgIpc) is 2.81. The molecule has 0 spiro atoms. The molecule has 2 aliphatic rings. The Morgan fingerprint density at radius 1 is 1.39 bits per heavy atom. The summed E-state index contributed by atoms with van der Waals surface area (Å²) in [5, 5.41) is 9.31. The van der Waals surface area contributed by atoms with Crippen LogP contribution in [0.3, 0.4) is 0 Å². The first-order valence-electron chi connectivity index (χ1n) is 6.53. The molecule has 2 rings (SSSR count). The molecule has 5 nitrogen and oxygen atoms in total. The van der Waals surface area contributed by atoms with Crippen LogP contribution in [0.15, 0.2) is 0 Å². The van der Waals surface area contributed by atoms with Crippen LogP contribution in [0.5, 0.6) is 0 Å². The van der Waals surface area contributed by atoms with Gasteiger partial charge in [-0.1, -0.05) is 6.92 Å². The second kappa shape index (κ2) is 5.17. The Labute approximate surface area is 108 Å². The van der Waals surface area contributed by atoms with Gasteiger partial charge < -0.3 is 10.0 Å². The van der Waals surface area contributed by atoms with E-state index in [0.717, 1.165) is 6.42 Å². The van der Waals surface area contributed by atoms with Gasteiger partial charge in [0.2, 0.25) is 5.91 Å². The molecule has 0 aromatic carbocycles. The molecule has 18 heavy (non-hydrogen) atoms. The smallest absolute Gasteiger partial charge is 0.223 e. The van der Waals surface area contributed by atoms with Crippen LogP contribution in [0, 0.1) is 11.8 Å². The molecule has 0 aliphatic carbocycles. The molecule has 2 fully saturated rings. The SMILES string of the molecule is CC1CCN(C(=O)CC2CCS(=O)(=O)C2)C1CO. The number of aliphatic hydroxyl groups excluding tert-OH is 1. The monoisotopic (exact) mass is 275 g/mol. The first-order chi connectivity index (χ1) is 8.43. The van der Waals surface area contributed by atoms with Crippen LogP contribution in [0.2, 0.25) is 0 Å². The van der Waals surface area contributed by atoms with Gasteiger partial charge in [0.1, 0.15) is 0 Å². The fourth-order valence-corrected chi connectivity index (χ4v) is 4.86. The summed E-state index contributed by atoms with van der Waals surface area (Å²) in [6.45, 7) is 2.72. The van der Waals surface area contributed by atoms with Gasteiger partial charge in [0.25, 0.3) is 0 Å². The summed E-state index contributed by atoms with van der Waals surface area (Å²) in [5.74, 6) is 0.654. The number of hydrogen-bond donors (Lipinski definition) is 1. The zero-order valence-electron chi connectivity index (χ0n) is 10.7. The Morgan fingerprint density at radius 3 is 2.67 bits per heavy atom. The maximum atomic E-state index is 12.1. The Balaban J connectivity index is 1.93. The first-order valence-corrected chi connectivity index (χ1v) is 8.36. The minimum Gasteiger partial charge on any atom is -0.394 e. The van der Waals surface area contributed by atoms with Crippen molar-refractivity contribution >= 4 is 15.7 Å². The lowest BCUT2D eigenvalue weighted by atomic mass is 10.0. The van der Waals surface area contributed by atoms with E-state index in [1.807, 2.05) is 6.92 Å². The molecule has 1 N–H and O–H groups in total. The first kappa shape index (κ1) is 13.8. The van der Waals surface area contributed by atoms with Gasteiger partial charge in [0.05, 0.1) is 24.2 Å². The van der Waals surface area contributed by atoms with Gasteiger partial charge in [0.15, 0.2) is 9.84 Å². The van der Waals surface area contributed by atoms with E-state index in [-0.39, 0.29) is 36.0 Å². The van der Waals surface area contributed by atoms with E-state index in [0.29, 0.717) is 25.3 Å². The number of likely N-dealkylation sites (tertiary alicyclic amines) is 1. The third-order valence-corrected chi connectivity index (χ3v) is 6.02. The Hall–Kier alpha value is -0.620. The van der Waals surface area contributed by atoms with Crippen molar-refractivity contribution in [1.29, 1.82) is 0 Å². The molecule has 2 saturated heterocycles. The van der Waals surface area contributed by atoms with Crippen LogP contribution in [0.1, 0.15) is 26.2 Å². The quantitative estimate of drug-likeness (QED) is 0.789. The van der Waals surface area contributed by atoms with Gasteiger partial charge in [-0.25, -0.2) is 8.42 Å². The molecule has 1 amide bonds. The van der Waals surface area contributed by atoms with Gasteiger partial charge in [0, 0.05) is 13.0 Å². The third-order valence-electron chi connectivity index (χ3n) is 4.18. The topological polar surface area (TPSA) is 74.7 Å². The molecule has 6 heteroatoms. The Kier molecular flexibility index (Phi) is 3.96. The Bertz CT molecular complexity index is 420. The van der Waals surface area contributed by atoms with E-state index < -0.39 is 9.84 Å². The second-order valence-electron chi connectivity index (χ2n) is 5.58. The predicted octanol–water partition coefficient (Wildman–Crippen LogP) is 0.0405. The lowest BCUT2D eigenvalue weighted by molar-refractivity contribution is -0.134. The molecule has 3 unspecified atom stereocenters. The zero-order chi connectivity index (χ0) is 13.3. The molecular weight excluding hydrogens is 254 g/mol. The molecule has 0 saturated carbocycles. The van der Waals surface area contributed by atoms with E-state index in [9.17, 15) is 18.3 Å². The van der Waals surface area contributed by atoms with Crippen molar-refractivity contribution < 1.29 is 18.3 Å². The van der Waals surface area contributed by atoms with E-state index in [2.05, 4.69) is 0 Å². The van der Waals surface area contributed by atoms with Crippen molar-refractivity contribution in [2.45, 2.75) is 32.2 Å². The number of rotatable bonds is 3. The molecule has 2 aliphatic heterocycles. The van der Waals surface area contributed by atoms with Crippen LogP contribution in [-0.4, -0.2) is 55.0 Å². The van der Waals surface area contributed by atoms with Crippen molar-refractivity contribution in [3.8, 4) is 0 Å². The predicted molar refractivity (Wildman–Crippen MR) is 67.7 cm³/mol. The minimum absolute atomic E-state index is 0.000463. The largest absolute Gasteiger partial charge is 0.394 e. The summed E-state index contributed by atoms with van der Waals surface area (Å²) in [6, 6.07) is -0.0875. The summed E-state index contributed by atoms with van der Waals surface area (Å²) in [5.41, 5.74) is 0. The molecule has 3 atom stereocenters. The third kappa shape index (κ3) is 2.85. The van der Waals surface area contributed by atoms with E-state index in [1.165, 1.54) is 0 Å². The summed E-state index contributed by atoms with van der Waals surface area (Å²) in [6.07, 6.45) is 1.82. The summed E-state index contributed by atoms with van der Waals surface area (Å²) in [7, 11) is -2.91. The molecule has 2 heterocycles. The van der Waals surface area contributed by atoms with E-state index in [1.54, 1.807) is 4.90 Å². The lowest BCUT2D eigenvalue weighted by Gasteiger charge is -2.26. The number of sulfone groups is 1. The highest BCUT2D eigenvalue weighted by molar-refractivity contribution is 7.91. The average molecular weight is 275 g/mol. The van der Waals surface area contributed by atoms with Crippen LogP contribution in [-0.2, 0) is 14.6 Å². The maximum absolute atomic E-state index is 12.1. The van der Waals surface area contributed by atoms with Crippen LogP contribution in [0.25, 0.3) is 0 Å². The molecule has 0 bridgehead atoms. The fraction of sp³-hybridized carbons (Fsp3) is 0.917. The van der Waals surface area contributed by atoms with Crippen molar-refractivity contribution in [3.05, 3.63) is 0 Å². The second-order valence-corrected chi connectivity index (χ2v) is 7.80. The summed E-state index contributed by atoms with van der Waals surface area (Å²) in [4.78, 5) is 13.9. The highest BCUT2D eigenvalue weighted by Crippen LogP contribution is 2.27. The normalized spacial score (nSPS) is 35.0. The summed E-state index contributed by atoms with van der Waals surface area (Å²) >= 11 is 0. The molecule has 104 valence electrons.